The molecule has 0 atom stereocenters. The zero-order valence-corrected chi connectivity index (χ0v) is 10.8. The van der Waals surface area contributed by atoms with Crippen LogP contribution in [-0.2, 0) is 0 Å². The van der Waals surface area contributed by atoms with Crippen LogP contribution >= 0.6 is 34.8 Å². The number of rotatable bonds is 1. The number of nitrogen functional groups attached to an aromatic ring is 1. The average Bonchev–Trinajstić information content (AvgIpc) is 2.34. The fraction of sp³-hybridized carbons (Fsp3) is 0. The summed E-state index contributed by atoms with van der Waals surface area (Å²) in [5.41, 5.74) is 2.35. The zero-order chi connectivity index (χ0) is 12.7. The minimum absolute atomic E-state index is 0.356. The van der Waals surface area contributed by atoms with Gasteiger partial charge in [0.05, 0.1) is 10.0 Å². The number of hydrogen-bond acceptors (Lipinski definition) is 4. The van der Waals surface area contributed by atoms with Crippen molar-refractivity contribution in [3.63, 3.8) is 0 Å². The van der Waals surface area contributed by atoms with Crippen LogP contribution in [0.15, 0.2) is 36.7 Å². The molecule has 0 radical (unpaired) electrons. The van der Waals surface area contributed by atoms with E-state index in [1.54, 1.807) is 36.7 Å². The lowest BCUT2D eigenvalue weighted by atomic mass is 10.5. The van der Waals surface area contributed by atoms with E-state index in [-0.39, 0.29) is 0 Å². The lowest BCUT2D eigenvalue weighted by Crippen LogP contribution is -2.08. The molecule has 2 heterocycles. The molecule has 0 aliphatic heterocycles. The number of aromatic nitrogens is 2. The number of halogens is 3. The number of hydrazine groups is 1. The molecule has 0 saturated heterocycles. The van der Waals surface area contributed by atoms with Crippen LogP contribution < -0.4 is 11.3 Å². The molecule has 0 saturated carbocycles. The van der Waals surface area contributed by atoms with Crippen molar-refractivity contribution in [2.75, 3.05) is 5.43 Å². The van der Waals surface area contributed by atoms with Crippen LogP contribution in [0.1, 0.15) is 0 Å². The molecule has 0 fully saturated rings. The topological polar surface area (TPSA) is 63.8 Å². The van der Waals surface area contributed by atoms with Gasteiger partial charge in [0.2, 0.25) is 0 Å². The predicted molar refractivity (Wildman–Crippen MR) is 71.3 cm³/mol. The third kappa shape index (κ3) is 4.75. The van der Waals surface area contributed by atoms with Crippen molar-refractivity contribution in [2.24, 2.45) is 5.84 Å². The van der Waals surface area contributed by atoms with E-state index in [2.05, 4.69) is 15.4 Å². The molecule has 0 spiro atoms. The number of pyridine rings is 2. The molecule has 2 aromatic rings. The summed E-state index contributed by atoms with van der Waals surface area (Å²) in [6.07, 6.45) is 3.20. The number of anilines is 1. The van der Waals surface area contributed by atoms with Gasteiger partial charge in [-0.3, -0.25) is 0 Å². The normalized spacial score (nSPS) is 9.18. The molecular weight excluding hydrogens is 282 g/mol. The Bertz CT molecular complexity index is 458. The maximum absolute atomic E-state index is 5.62. The molecule has 2 rings (SSSR count). The lowest BCUT2D eigenvalue weighted by Gasteiger charge is -1.97. The molecule has 0 aliphatic carbocycles. The lowest BCUT2D eigenvalue weighted by molar-refractivity contribution is 1.23. The summed E-state index contributed by atoms with van der Waals surface area (Å²) in [6.45, 7) is 0. The van der Waals surface area contributed by atoms with Crippen molar-refractivity contribution in [3.8, 4) is 0 Å². The van der Waals surface area contributed by atoms with Gasteiger partial charge in [-0.05, 0) is 24.3 Å². The Morgan fingerprint density at radius 2 is 1.53 bits per heavy atom. The third-order valence-corrected chi connectivity index (χ3v) is 2.62. The van der Waals surface area contributed by atoms with Crippen molar-refractivity contribution >= 4 is 40.6 Å². The Morgan fingerprint density at radius 1 is 0.941 bits per heavy atom. The summed E-state index contributed by atoms with van der Waals surface area (Å²) in [4.78, 5) is 7.54. The molecule has 0 unspecified atom stereocenters. The Morgan fingerprint density at radius 3 is 1.88 bits per heavy atom. The zero-order valence-electron chi connectivity index (χ0n) is 8.57. The molecule has 0 bridgehead atoms. The van der Waals surface area contributed by atoms with Gasteiger partial charge < -0.3 is 5.43 Å². The van der Waals surface area contributed by atoms with Gasteiger partial charge in [-0.25, -0.2) is 15.8 Å². The summed E-state index contributed by atoms with van der Waals surface area (Å²) < 4.78 is 0. The summed E-state index contributed by atoms with van der Waals surface area (Å²) >= 11 is 16.6. The summed E-state index contributed by atoms with van der Waals surface area (Å²) in [5, 5.41) is 1.38. The molecule has 0 amide bonds. The van der Waals surface area contributed by atoms with Gasteiger partial charge in [0.25, 0.3) is 0 Å². The minimum Gasteiger partial charge on any atom is -0.307 e. The first-order valence-corrected chi connectivity index (χ1v) is 5.61. The Balaban J connectivity index is 0.000000171. The highest BCUT2D eigenvalue weighted by molar-refractivity contribution is 6.41. The smallest absolute Gasteiger partial charge is 0.158 e. The van der Waals surface area contributed by atoms with Crippen LogP contribution in [0.2, 0.25) is 15.2 Å². The molecule has 4 nitrogen and oxygen atoms in total. The van der Waals surface area contributed by atoms with E-state index in [1.807, 2.05) is 0 Å². The van der Waals surface area contributed by atoms with E-state index in [1.165, 1.54) is 0 Å². The highest BCUT2D eigenvalue weighted by Gasteiger charge is 1.93. The van der Waals surface area contributed by atoms with Gasteiger partial charge in [-0.1, -0.05) is 34.8 Å². The minimum atomic E-state index is 0.356. The van der Waals surface area contributed by atoms with E-state index in [0.29, 0.717) is 21.0 Å². The van der Waals surface area contributed by atoms with Gasteiger partial charge >= 0.3 is 0 Å². The van der Waals surface area contributed by atoms with Crippen LogP contribution in [0.4, 0.5) is 5.82 Å². The summed E-state index contributed by atoms with van der Waals surface area (Å²) in [6, 6.07) is 6.87. The van der Waals surface area contributed by atoms with Gasteiger partial charge in [0, 0.05) is 12.4 Å². The van der Waals surface area contributed by atoms with Crippen LogP contribution in [0, 0.1) is 0 Å². The molecule has 0 aliphatic rings. The second kappa shape index (κ2) is 7.29. The number of nitrogens with one attached hydrogen (secondary N) is 1. The molecule has 7 heteroatoms. The highest BCUT2D eigenvalue weighted by atomic mass is 35.5. The molecule has 17 heavy (non-hydrogen) atoms. The number of hydrogen-bond donors (Lipinski definition) is 2. The van der Waals surface area contributed by atoms with Crippen molar-refractivity contribution < 1.29 is 0 Å². The third-order valence-electron chi connectivity index (χ3n) is 1.61. The highest BCUT2D eigenvalue weighted by Crippen LogP contribution is 2.16. The standard InChI is InChI=1S/C5H3Cl2N.C5H6ClN3/c6-4-2-1-3-8-5(4)7;6-4-2-1-3-8-5(4)9-7/h1-3H;1-3H,7H2,(H,8,9). The summed E-state index contributed by atoms with van der Waals surface area (Å²) in [5.74, 6) is 5.55. The largest absolute Gasteiger partial charge is 0.307 e. The average molecular weight is 292 g/mol. The van der Waals surface area contributed by atoms with Crippen molar-refractivity contribution in [3.05, 3.63) is 51.9 Å². The van der Waals surface area contributed by atoms with Gasteiger partial charge in [-0.15, -0.1) is 0 Å². The monoisotopic (exact) mass is 290 g/mol. The van der Waals surface area contributed by atoms with Crippen LogP contribution in [0.3, 0.4) is 0 Å². The SMILES string of the molecule is Clc1cccnc1Cl.NNc1ncccc1Cl. The maximum Gasteiger partial charge on any atom is 0.158 e. The Kier molecular flexibility index (Phi) is 6.00. The van der Waals surface area contributed by atoms with Crippen molar-refractivity contribution in [1.82, 2.24) is 9.97 Å². The molecule has 3 N–H and O–H groups in total. The first-order chi connectivity index (χ1) is 8.15. The summed E-state index contributed by atoms with van der Waals surface area (Å²) in [7, 11) is 0. The first kappa shape index (κ1) is 14.0. The van der Waals surface area contributed by atoms with Gasteiger partial charge in [0.1, 0.15) is 5.15 Å². The predicted octanol–water partition coefficient (Wildman–Crippen LogP) is 3.41. The number of nitrogens with zero attached hydrogens (tertiary/aromatic N) is 2. The quantitative estimate of drug-likeness (QED) is 0.480. The van der Waals surface area contributed by atoms with Crippen LogP contribution in [0.5, 0.6) is 0 Å². The van der Waals surface area contributed by atoms with E-state index in [0.717, 1.165) is 0 Å². The Labute approximate surface area is 114 Å². The first-order valence-electron chi connectivity index (χ1n) is 4.48. The van der Waals surface area contributed by atoms with Crippen molar-refractivity contribution in [2.45, 2.75) is 0 Å². The molecule has 2 aromatic heterocycles. The van der Waals surface area contributed by atoms with Crippen molar-refractivity contribution in [1.29, 1.82) is 0 Å². The maximum atomic E-state index is 5.62. The molecule has 0 aromatic carbocycles. The number of nitrogens with two attached hydrogens (primary N) is 1. The fourth-order valence-electron chi connectivity index (χ4n) is 0.858. The van der Waals surface area contributed by atoms with E-state index >= 15 is 0 Å². The van der Waals surface area contributed by atoms with Gasteiger partial charge in [-0.2, -0.15) is 0 Å². The second-order valence-electron chi connectivity index (χ2n) is 2.75. The van der Waals surface area contributed by atoms with Crippen LogP contribution in [-0.4, -0.2) is 9.97 Å². The van der Waals surface area contributed by atoms with Crippen LogP contribution in [0.25, 0.3) is 0 Å². The molecular formula is C10H9Cl3N4. The van der Waals surface area contributed by atoms with E-state index in [9.17, 15) is 0 Å². The molecule has 90 valence electrons. The fourth-order valence-corrected chi connectivity index (χ4v) is 1.28. The second-order valence-corrected chi connectivity index (χ2v) is 3.93. The van der Waals surface area contributed by atoms with Gasteiger partial charge in [0.15, 0.2) is 5.82 Å². The van der Waals surface area contributed by atoms with E-state index < -0.39 is 0 Å². The Hall–Kier alpha value is -1.07. The van der Waals surface area contributed by atoms with E-state index in [4.69, 9.17) is 40.6 Å².